The summed E-state index contributed by atoms with van der Waals surface area (Å²) in [5.41, 5.74) is -1.17. The van der Waals surface area contributed by atoms with Gasteiger partial charge in [0.2, 0.25) is 5.91 Å². The number of rotatable bonds is 7. The van der Waals surface area contributed by atoms with E-state index in [0.29, 0.717) is 15.4 Å². The van der Waals surface area contributed by atoms with Gasteiger partial charge in [-0.15, -0.1) is 0 Å². The number of hydrogen-bond acceptors (Lipinski definition) is 3. The Morgan fingerprint density at radius 2 is 1.87 bits per heavy atom. The normalized spacial score (nSPS) is 22.8. The van der Waals surface area contributed by atoms with Crippen molar-refractivity contribution >= 4 is 17.8 Å². The summed E-state index contributed by atoms with van der Waals surface area (Å²) in [5, 5.41) is 2.53. The first-order valence-electron chi connectivity index (χ1n) is 9.75. The number of nitrogens with one attached hydrogen (secondary N) is 1. The molecule has 3 rings (SSSR count). The molecular weight excluding hydrogens is 406 g/mol. The Bertz CT molecular complexity index is 839. The Morgan fingerprint density at radius 1 is 1.27 bits per heavy atom. The number of amides is 4. The topological polar surface area (TPSA) is 69.7 Å². The van der Waals surface area contributed by atoms with Crippen LogP contribution in [0.25, 0.3) is 0 Å². The number of urea groups is 1. The summed E-state index contributed by atoms with van der Waals surface area (Å²) in [6.07, 6.45) is -3.01. The van der Waals surface area contributed by atoms with Crippen LogP contribution in [0.5, 0.6) is 0 Å². The number of nitrogens with zero attached hydrogens (tertiary/aromatic N) is 2. The van der Waals surface area contributed by atoms with Gasteiger partial charge in [0, 0.05) is 6.04 Å². The van der Waals surface area contributed by atoms with Crippen molar-refractivity contribution in [3.63, 3.8) is 0 Å². The molecule has 30 heavy (non-hydrogen) atoms. The second-order valence-corrected chi connectivity index (χ2v) is 7.80. The van der Waals surface area contributed by atoms with Gasteiger partial charge in [-0.05, 0) is 49.8 Å². The van der Waals surface area contributed by atoms with Crippen LogP contribution in [-0.2, 0) is 15.1 Å². The summed E-state index contributed by atoms with van der Waals surface area (Å²) >= 11 is 0. The number of halogens is 4. The molecule has 0 aromatic heterocycles. The van der Waals surface area contributed by atoms with Gasteiger partial charge in [-0.25, -0.2) is 9.18 Å². The van der Waals surface area contributed by atoms with E-state index in [9.17, 15) is 31.9 Å². The maximum Gasteiger partial charge on any atom is 0.406 e. The number of benzene rings is 1. The van der Waals surface area contributed by atoms with Crippen molar-refractivity contribution in [1.82, 2.24) is 15.1 Å². The molecule has 1 aromatic carbocycles. The van der Waals surface area contributed by atoms with Crippen molar-refractivity contribution in [3.8, 4) is 0 Å². The van der Waals surface area contributed by atoms with Crippen molar-refractivity contribution < 1.29 is 31.9 Å². The number of carbonyl (C=O) groups is 3. The van der Waals surface area contributed by atoms with E-state index in [1.54, 1.807) is 13.8 Å². The third-order valence-electron chi connectivity index (χ3n) is 5.80. The Balaban J connectivity index is 1.82. The zero-order valence-electron chi connectivity index (χ0n) is 16.6. The minimum absolute atomic E-state index is 0.0200. The summed E-state index contributed by atoms with van der Waals surface area (Å²) < 4.78 is 52.3. The van der Waals surface area contributed by atoms with Gasteiger partial charge in [0.1, 0.15) is 24.4 Å². The largest absolute Gasteiger partial charge is 0.406 e. The van der Waals surface area contributed by atoms with Gasteiger partial charge in [-0.2, -0.15) is 13.2 Å². The molecule has 1 aromatic rings. The molecule has 1 heterocycles. The lowest BCUT2D eigenvalue weighted by molar-refractivity contribution is -0.166. The van der Waals surface area contributed by atoms with Gasteiger partial charge in [-0.3, -0.25) is 14.5 Å². The van der Waals surface area contributed by atoms with Gasteiger partial charge in [-0.1, -0.05) is 19.1 Å². The van der Waals surface area contributed by atoms with Gasteiger partial charge in [0.05, 0.1) is 0 Å². The fraction of sp³-hybridized carbons (Fsp3) is 0.550. The second-order valence-electron chi connectivity index (χ2n) is 7.80. The molecule has 164 valence electrons. The van der Waals surface area contributed by atoms with E-state index in [1.807, 2.05) is 0 Å². The molecule has 2 fully saturated rings. The van der Waals surface area contributed by atoms with Gasteiger partial charge in [0.25, 0.3) is 5.91 Å². The van der Waals surface area contributed by atoms with Gasteiger partial charge < -0.3 is 10.2 Å². The van der Waals surface area contributed by atoms with Gasteiger partial charge >= 0.3 is 12.2 Å². The van der Waals surface area contributed by atoms with Gasteiger partial charge in [0.15, 0.2) is 0 Å². The molecule has 2 unspecified atom stereocenters. The van der Waals surface area contributed by atoms with Crippen LogP contribution in [0.15, 0.2) is 24.3 Å². The Hall–Kier alpha value is -2.65. The molecule has 1 aliphatic carbocycles. The Labute approximate surface area is 171 Å². The fourth-order valence-corrected chi connectivity index (χ4v) is 3.86. The molecule has 10 heteroatoms. The number of hydrogen-bond donors (Lipinski definition) is 1. The molecule has 0 radical (unpaired) electrons. The highest BCUT2D eigenvalue weighted by Crippen LogP contribution is 2.37. The molecule has 0 spiro atoms. The number of alkyl halides is 3. The van der Waals surface area contributed by atoms with Crippen LogP contribution in [0.4, 0.5) is 22.4 Å². The lowest BCUT2D eigenvalue weighted by Crippen LogP contribution is -2.50. The van der Waals surface area contributed by atoms with Crippen LogP contribution in [0.2, 0.25) is 0 Å². The second kappa shape index (κ2) is 7.88. The summed E-state index contributed by atoms with van der Waals surface area (Å²) in [4.78, 5) is 39.6. The lowest BCUT2D eigenvalue weighted by atomic mass is 9.87. The quantitative estimate of drug-likeness (QED) is 0.535. The zero-order chi connectivity index (χ0) is 22.3. The van der Waals surface area contributed by atoms with E-state index in [4.69, 9.17) is 0 Å². The van der Waals surface area contributed by atoms with Crippen LogP contribution in [0.3, 0.4) is 0 Å². The molecular formula is C20H23F4N3O3. The Morgan fingerprint density at radius 3 is 2.37 bits per heavy atom. The average Bonchev–Trinajstić information content (AvgIpc) is 3.49. The standard InChI is InChI=1S/C20H23F4N3O3/c1-3-19(14-6-8-15(21)9-7-14)17(29)26(18(30)25-19)10-16(28)27(11-20(22,23)24)12(2)13-4-5-13/h6-9,12-13H,3-5,10-11H2,1-2H3,(H,25,30). The van der Waals surface area contributed by atoms with Crippen molar-refractivity contribution in [2.75, 3.05) is 13.1 Å². The van der Waals surface area contributed by atoms with Crippen molar-refractivity contribution in [1.29, 1.82) is 0 Å². The Kier molecular flexibility index (Phi) is 5.79. The third kappa shape index (κ3) is 4.27. The van der Waals surface area contributed by atoms with E-state index < -0.39 is 54.5 Å². The van der Waals surface area contributed by atoms with Crippen LogP contribution in [0.1, 0.15) is 38.7 Å². The predicted molar refractivity (Wildman–Crippen MR) is 98.6 cm³/mol. The maximum atomic E-state index is 13.3. The van der Waals surface area contributed by atoms with E-state index in [-0.39, 0.29) is 12.3 Å². The highest BCUT2D eigenvalue weighted by molar-refractivity contribution is 6.09. The first-order chi connectivity index (χ1) is 14.0. The van der Waals surface area contributed by atoms with Crippen molar-refractivity contribution in [2.24, 2.45) is 5.92 Å². The molecule has 4 amide bonds. The lowest BCUT2D eigenvalue weighted by Gasteiger charge is -2.31. The minimum Gasteiger partial charge on any atom is -0.329 e. The molecule has 0 bridgehead atoms. The average molecular weight is 429 g/mol. The molecule has 1 aliphatic heterocycles. The molecule has 1 saturated carbocycles. The smallest absolute Gasteiger partial charge is 0.329 e. The maximum absolute atomic E-state index is 13.3. The highest BCUT2D eigenvalue weighted by atomic mass is 19.4. The van der Waals surface area contributed by atoms with Crippen LogP contribution >= 0.6 is 0 Å². The van der Waals surface area contributed by atoms with E-state index in [1.165, 1.54) is 12.1 Å². The number of imide groups is 1. The molecule has 6 nitrogen and oxygen atoms in total. The van der Waals surface area contributed by atoms with E-state index in [2.05, 4.69) is 5.32 Å². The van der Waals surface area contributed by atoms with Crippen LogP contribution < -0.4 is 5.32 Å². The van der Waals surface area contributed by atoms with E-state index in [0.717, 1.165) is 25.0 Å². The predicted octanol–water partition coefficient (Wildman–Crippen LogP) is 3.17. The molecule has 1 saturated heterocycles. The summed E-state index contributed by atoms with van der Waals surface area (Å²) in [6.45, 7) is 0.949. The van der Waals surface area contributed by atoms with Crippen molar-refractivity contribution in [2.45, 2.75) is 50.9 Å². The number of carbonyl (C=O) groups excluding carboxylic acids is 3. The first-order valence-corrected chi connectivity index (χ1v) is 9.75. The summed E-state index contributed by atoms with van der Waals surface area (Å²) in [6, 6.07) is 3.48. The third-order valence-corrected chi connectivity index (χ3v) is 5.80. The first kappa shape index (κ1) is 22.0. The SMILES string of the molecule is CCC1(c2ccc(F)cc2)NC(=O)N(CC(=O)N(CC(F)(F)F)C(C)C2CC2)C1=O. The fourth-order valence-electron chi connectivity index (χ4n) is 3.86. The van der Waals surface area contributed by atoms with E-state index >= 15 is 0 Å². The minimum atomic E-state index is -4.60. The van der Waals surface area contributed by atoms with Crippen LogP contribution in [0, 0.1) is 11.7 Å². The zero-order valence-corrected chi connectivity index (χ0v) is 16.6. The summed E-state index contributed by atoms with van der Waals surface area (Å²) in [5.74, 6) is -2.23. The van der Waals surface area contributed by atoms with Crippen LogP contribution in [-0.4, -0.2) is 53.0 Å². The van der Waals surface area contributed by atoms with Crippen molar-refractivity contribution in [3.05, 3.63) is 35.6 Å². The monoisotopic (exact) mass is 429 g/mol. The highest BCUT2D eigenvalue weighted by Gasteiger charge is 2.52. The molecule has 1 N–H and O–H groups in total. The molecule has 2 atom stereocenters. The summed E-state index contributed by atoms with van der Waals surface area (Å²) in [7, 11) is 0. The molecule has 2 aliphatic rings.